The number of hydrogen-bond acceptors (Lipinski definition) is 7. The second kappa shape index (κ2) is 9.95. The van der Waals surface area contributed by atoms with Gasteiger partial charge in [-0.1, -0.05) is 36.4 Å². The van der Waals surface area contributed by atoms with Crippen molar-refractivity contribution < 1.29 is 33.4 Å². The second-order valence-electron chi connectivity index (χ2n) is 5.18. The quantitative estimate of drug-likeness (QED) is 0.193. The van der Waals surface area contributed by atoms with E-state index in [2.05, 4.69) is 21.5 Å². The van der Waals surface area contributed by atoms with Crippen LogP contribution in [0.5, 0.6) is 0 Å². The molecule has 1 rings (SSSR count). The van der Waals surface area contributed by atoms with Crippen molar-refractivity contribution in [3.8, 4) is 0 Å². The van der Waals surface area contributed by atoms with E-state index in [1.807, 2.05) is 0 Å². The molecule has 0 aliphatic heterocycles. The fourth-order valence-electron chi connectivity index (χ4n) is 2.37. The van der Waals surface area contributed by atoms with E-state index < -0.39 is 29.5 Å². The molecule has 1 atom stereocenters. The molecule has 0 heterocycles. The van der Waals surface area contributed by atoms with E-state index in [-0.39, 0.29) is 18.6 Å². The summed E-state index contributed by atoms with van der Waals surface area (Å²) >= 11 is 0. The number of Topliss-reactive ketones (excluding diaryl/α,β-unsaturated/α-hetero) is 1. The number of ether oxygens (including phenoxy) is 3. The summed E-state index contributed by atoms with van der Waals surface area (Å²) in [6.45, 7) is 5.03. The first-order chi connectivity index (χ1) is 12.9. The van der Waals surface area contributed by atoms with Gasteiger partial charge < -0.3 is 14.2 Å². The summed E-state index contributed by atoms with van der Waals surface area (Å²) < 4.78 is 14.2. The van der Waals surface area contributed by atoms with Crippen LogP contribution in [0, 0.1) is 0 Å². The zero-order valence-electron chi connectivity index (χ0n) is 15.4. The molecule has 0 bridgehead atoms. The van der Waals surface area contributed by atoms with Gasteiger partial charge in [0.15, 0.2) is 0 Å². The molecule has 9 nitrogen and oxygen atoms in total. The number of nitrogens with zero attached hydrogens (tertiary/aromatic N) is 1. The molecule has 9 heteroatoms. The average molecular weight is 378 g/mol. The maximum Gasteiger partial charge on any atom is 0.430 e. The third-order valence-corrected chi connectivity index (χ3v) is 3.59. The molecule has 1 aromatic carbocycles. The zero-order valence-corrected chi connectivity index (χ0v) is 15.4. The van der Waals surface area contributed by atoms with Gasteiger partial charge in [-0.05, 0) is 6.92 Å². The fourth-order valence-corrected chi connectivity index (χ4v) is 2.37. The number of ketones is 1. The van der Waals surface area contributed by atoms with Crippen molar-refractivity contribution in [2.75, 3.05) is 20.8 Å². The van der Waals surface area contributed by atoms with Gasteiger partial charge in [0.2, 0.25) is 11.3 Å². The largest absolute Gasteiger partial charge is 0.464 e. The van der Waals surface area contributed by atoms with Crippen molar-refractivity contribution in [3.63, 3.8) is 0 Å². The van der Waals surface area contributed by atoms with Gasteiger partial charge in [-0.3, -0.25) is 4.79 Å². The summed E-state index contributed by atoms with van der Waals surface area (Å²) in [6.07, 6.45) is -1.34. The number of methoxy groups -OCH3 is 2. The van der Waals surface area contributed by atoms with Crippen molar-refractivity contribution in [2.45, 2.75) is 18.9 Å². The van der Waals surface area contributed by atoms with Crippen LogP contribution in [0.4, 0.5) is 9.59 Å². The van der Waals surface area contributed by atoms with Gasteiger partial charge >= 0.3 is 18.2 Å². The molecular formula is C18H22N2O7. The number of benzene rings is 1. The molecule has 0 saturated carbocycles. The standard InChI is InChI=1S/C18H22N2O7/c1-5-12-18(15(22)27-6-2,14(21)13-10-8-7-9-11-13)20(17(24)26-4)19-16(23)25-3/h5,7-11H,1,6,12H2,2-4H3,(H,19,23)/t18-/m0/s1. The van der Waals surface area contributed by atoms with E-state index in [0.29, 0.717) is 5.01 Å². The van der Waals surface area contributed by atoms with Gasteiger partial charge in [-0.2, -0.15) is 5.01 Å². The smallest absolute Gasteiger partial charge is 0.430 e. The summed E-state index contributed by atoms with van der Waals surface area (Å²) in [5.41, 5.74) is -0.0976. The Morgan fingerprint density at radius 2 is 1.78 bits per heavy atom. The van der Waals surface area contributed by atoms with Crippen LogP contribution < -0.4 is 5.43 Å². The van der Waals surface area contributed by atoms with Gasteiger partial charge in [0.1, 0.15) is 0 Å². The highest BCUT2D eigenvalue weighted by molar-refractivity contribution is 6.18. The molecular weight excluding hydrogens is 356 g/mol. The van der Waals surface area contributed by atoms with Crippen molar-refractivity contribution in [1.29, 1.82) is 0 Å². The number of rotatable bonds is 7. The van der Waals surface area contributed by atoms with E-state index in [1.165, 1.54) is 18.2 Å². The molecule has 0 aliphatic rings. The summed E-state index contributed by atoms with van der Waals surface area (Å²) in [5.74, 6) is -1.84. The van der Waals surface area contributed by atoms with Crippen LogP contribution >= 0.6 is 0 Å². The SMILES string of the molecule is C=CC[C@@](C(=O)OCC)(C(=O)c1ccccc1)N(NC(=O)OC)C(=O)OC. The van der Waals surface area contributed by atoms with E-state index in [1.54, 1.807) is 25.1 Å². The predicted octanol–water partition coefficient (Wildman–Crippen LogP) is 2.09. The molecule has 146 valence electrons. The minimum atomic E-state index is -2.28. The topological polar surface area (TPSA) is 111 Å². The molecule has 0 unspecified atom stereocenters. The zero-order chi connectivity index (χ0) is 20.4. The number of carbonyl (C=O) groups is 4. The van der Waals surface area contributed by atoms with Crippen LogP contribution in [-0.4, -0.2) is 55.3 Å². The molecule has 0 spiro atoms. The van der Waals surface area contributed by atoms with Crippen molar-refractivity contribution in [1.82, 2.24) is 10.4 Å². The number of amides is 2. The summed E-state index contributed by atoms with van der Waals surface area (Å²) in [5, 5.41) is 0.466. The van der Waals surface area contributed by atoms with Gasteiger partial charge in [0.25, 0.3) is 0 Å². The molecule has 0 radical (unpaired) electrons. The molecule has 0 aliphatic carbocycles. The minimum absolute atomic E-state index is 0.0625. The Hall–Kier alpha value is -3.36. The Kier molecular flexibility index (Phi) is 7.99. The number of esters is 1. The Bertz CT molecular complexity index is 705. The van der Waals surface area contributed by atoms with Gasteiger partial charge in [-0.15, -0.1) is 6.58 Å². The molecule has 1 N–H and O–H groups in total. The van der Waals surface area contributed by atoms with Crippen LogP contribution in [0.3, 0.4) is 0 Å². The van der Waals surface area contributed by atoms with Crippen molar-refractivity contribution in [2.24, 2.45) is 0 Å². The Balaban J connectivity index is 3.67. The number of nitrogens with one attached hydrogen (secondary N) is 1. The highest BCUT2D eigenvalue weighted by Crippen LogP contribution is 2.27. The number of hydrazine groups is 1. The van der Waals surface area contributed by atoms with Crippen LogP contribution in [0.25, 0.3) is 0 Å². The minimum Gasteiger partial charge on any atom is -0.464 e. The van der Waals surface area contributed by atoms with Crippen LogP contribution in [0.1, 0.15) is 23.7 Å². The Labute approximate surface area is 156 Å². The van der Waals surface area contributed by atoms with Crippen LogP contribution in [0.2, 0.25) is 0 Å². The molecule has 0 saturated heterocycles. The van der Waals surface area contributed by atoms with E-state index in [9.17, 15) is 19.2 Å². The molecule has 27 heavy (non-hydrogen) atoms. The van der Waals surface area contributed by atoms with Gasteiger partial charge in [0.05, 0.1) is 20.8 Å². The Morgan fingerprint density at radius 1 is 1.15 bits per heavy atom. The lowest BCUT2D eigenvalue weighted by Crippen LogP contribution is -2.67. The van der Waals surface area contributed by atoms with Crippen molar-refractivity contribution >= 4 is 23.9 Å². The maximum atomic E-state index is 13.3. The van der Waals surface area contributed by atoms with E-state index >= 15 is 0 Å². The lowest BCUT2D eigenvalue weighted by Gasteiger charge is -2.38. The monoisotopic (exact) mass is 378 g/mol. The van der Waals surface area contributed by atoms with E-state index in [0.717, 1.165) is 14.2 Å². The van der Waals surface area contributed by atoms with Crippen LogP contribution in [0.15, 0.2) is 43.0 Å². The Morgan fingerprint density at radius 3 is 2.26 bits per heavy atom. The second-order valence-corrected chi connectivity index (χ2v) is 5.18. The van der Waals surface area contributed by atoms with E-state index in [4.69, 9.17) is 4.74 Å². The maximum absolute atomic E-state index is 13.3. The summed E-state index contributed by atoms with van der Waals surface area (Å²) in [6, 6.07) is 7.79. The number of hydrogen-bond donors (Lipinski definition) is 1. The summed E-state index contributed by atoms with van der Waals surface area (Å²) in [7, 11) is 2.09. The fraction of sp³-hybridized carbons (Fsp3) is 0.333. The lowest BCUT2D eigenvalue weighted by molar-refractivity contribution is -0.154. The van der Waals surface area contributed by atoms with Crippen LogP contribution in [-0.2, 0) is 19.0 Å². The normalized spacial score (nSPS) is 12.1. The average Bonchev–Trinajstić information content (AvgIpc) is 2.69. The molecule has 0 fully saturated rings. The lowest BCUT2D eigenvalue weighted by atomic mass is 9.85. The summed E-state index contributed by atoms with van der Waals surface area (Å²) in [4.78, 5) is 50.3. The number of carbonyl (C=O) groups excluding carboxylic acids is 4. The van der Waals surface area contributed by atoms with Gasteiger partial charge in [-0.25, -0.2) is 19.8 Å². The highest BCUT2D eigenvalue weighted by atomic mass is 16.6. The predicted molar refractivity (Wildman–Crippen MR) is 94.7 cm³/mol. The highest BCUT2D eigenvalue weighted by Gasteiger charge is 2.55. The third kappa shape index (κ3) is 4.63. The van der Waals surface area contributed by atoms with Gasteiger partial charge in [0, 0.05) is 12.0 Å². The molecule has 1 aromatic rings. The first-order valence-electron chi connectivity index (χ1n) is 7.99. The van der Waals surface area contributed by atoms with Crippen molar-refractivity contribution in [3.05, 3.63) is 48.6 Å². The third-order valence-electron chi connectivity index (χ3n) is 3.59. The molecule has 2 amide bonds. The molecule has 0 aromatic heterocycles. The first-order valence-corrected chi connectivity index (χ1v) is 7.99. The first kappa shape index (κ1) is 21.7.